The number of aromatic nitrogens is 1. The van der Waals surface area contributed by atoms with Crippen LogP contribution >= 0.6 is 15.9 Å². The molecule has 0 atom stereocenters. The molecule has 6 nitrogen and oxygen atoms in total. The number of hydrogen-bond donors (Lipinski definition) is 2. The molecule has 0 aliphatic heterocycles. The number of anilines is 1. The number of aromatic carboxylic acids is 1. The number of hydrogen-bond acceptors (Lipinski definition) is 4. The summed E-state index contributed by atoms with van der Waals surface area (Å²) in [6.45, 7) is 1.69. The maximum absolute atomic E-state index is 12.3. The zero-order chi connectivity index (χ0) is 15.6. The summed E-state index contributed by atoms with van der Waals surface area (Å²) in [4.78, 5) is 14.5. The monoisotopic (exact) mass is 370 g/mol. The molecule has 2 N–H and O–H groups in total. The van der Waals surface area contributed by atoms with Crippen LogP contribution in [0.5, 0.6) is 0 Å². The number of nitrogens with zero attached hydrogens (tertiary/aromatic N) is 1. The lowest BCUT2D eigenvalue weighted by Gasteiger charge is -2.10. The van der Waals surface area contributed by atoms with Crippen molar-refractivity contribution in [1.82, 2.24) is 4.98 Å². The first-order chi connectivity index (χ1) is 9.79. The minimum absolute atomic E-state index is 0.138. The van der Waals surface area contributed by atoms with E-state index in [0.717, 1.165) is 6.20 Å². The molecule has 0 aliphatic rings. The minimum Gasteiger partial charge on any atom is -0.477 e. The maximum Gasteiger partial charge on any atom is 0.354 e. The minimum atomic E-state index is -3.77. The maximum atomic E-state index is 12.3. The SMILES string of the molecule is Cc1ccc(Br)cc1S(=O)(=O)Nc1ccc(C(=O)O)nc1. The van der Waals surface area contributed by atoms with E-state index in [-0.39, 0.29) is 16.3 Å². The van der Waals surface area contributed by atoms with Gasteiger partial charge >= 0.3 is 5.97 Å². The van der Waals surface area contributed by atoms with E-state index < -0.39 is 16.0 Å². The van der Waals surface area contributed by atoms with Crippen LogP contribution in [0.3, 0.4) is 0 Å². The Hall–Kier alpha value is -1.93. The second kappa shape index (κ2) is 5.82. The summed E-state index contributed by atoms with van der Waals surface area (Å²) in [7, 11) is -3.77. The molecule has 0 spiro atoms. The number of sulfonamides is 1. The molecule has 0 saturated carbocycles. The van der Waals surface area contributed by atoms with Crippen molar-refractivity contribution >= 4 is 37.6 Å². The molecule has 21 heavy (non-hydrogen) atoms. The van der Waals surface area contributed by atoms with Crippen molar-refractivity contribution in [1.29, 1.82) is 0 Å². The van der Waals surface area contributed by atoms with Crippen LogP contribution in [0.25, 0.3) is 0 Å². The quantitative estimate of drug-likeness (QED) is 0.862. The van der Waals surface area contributed by atoms with E-state index in [4.69, 9.17) is 5.11 Å². The summed E-state index contributed by atoms with van der Waals surface area (Å²) >= 11 is 3.23. The number of aryl methyl sites for hydroxylation is 1. The summed E-state index contributed by atoms with van der Waals surface area (Å²) in [5, 5.41) is 8.75. The number of benzene rings is 1. The van der Waals surface area contributed by atoms with Gasteiger partial charge in [0.25, 0.3) is 10.0 Å². The lowest BCUT2D eigenvalue weighted by molar-refractivity contribution is 0.0690. The Kier molecular flexibility index (Phi) is 4.29. The van der Waals surface area contributed by atoms with Crippen LogP contribution < -0.4 is 4.72 Å². The molecule has 0 amide bonds. The van der Waals surface area contributed by atoms with Crippen molar-refractivity contribution in [2.45, 2.75) is 11.8 Å². The topological polar surface area (TPSA) is 96.4 Å². The molecule has 2 rings (SSSR count). The lowest BCUT2D eigenvalue weighted by atomic mass is 10.2. The Balaban J connectivity index is 2.33. The Morgan fingerprint density at radius 2 is 2.00 bits per heavy atom. The third-order valence-electron chi connectivity index (χ3n) is 2.67. The fourth-order valence-corrected chi connectivity index (χ4v) is 3.48. The van der Waals surface area contributed by atoms with E-state index in [1.807, 2.05) is 0 Å². The first kappa shape index (κ1) is 15.5. The Labute approximate surface area is 130 Å². The van der Waals surface area contributed by atoms with Crippen LogP contribution in [-0.4, -0.2) is 24.5 Å². The number of carbonyl (C=O) groups is 1. The number of carboxylic acid groups (broad SMARTS) is 1. The molecule has 0 unspecified atom stereocenters. The van der Waals surface area contributed by atoms with Gasteiger partial charge in [0, 0.05) is 4.47 Å². The molecule has 1 heterocycles. The second-order valence-corrected chi connectivity index (χ2v) is 6.82. The normalized spacial score (nSPS) is 11.1. The molecule has 110 valence electrons. The zero-order valence-electron chi connectivity index (χ0n) is 10.9. The molecule has 0 radical (unpaired) electrons. The number of rotatable bonds is 4. The highest BCUT2D eigenvalue weighted by molar-refractivity contribution is 9.10. The molecule has 0 aliphatic carbocycles. The molecular weight excluding hydrogens is 360 g/mol. The molecule has 1 aromatic heterocycles. The first-order valence-electron chi connectivity index (χ1n) is 5.78. The van der Waals surface area contributed by atoms with Crippen LogP contribution in [0.2, 0.25) is 0 Å². The molecule has 8 heteroatoms. The van der Waals surface area contributed by atoms with Gasteiger partial charge in [-0.3, -0.25) is 4.72 Å². The number of carboxylic acids is 1. The molecule has 0 fully saturated rings. The van der Waals surface area contributed by atoms with E-state index >= 15 is 0 Å². The molecule has 0 saturated heterocycles. The molecule has 1 aromatic carbocycles. The van der Waals surface area contributed by atoms with Crippen LogP contribution in [0.1, 0.15) is 16.1 Å². The average Bonchev–Trinajstić information content (AvgIpc) is 2.41. The molecular formula is C13H11BrN2O4S. The third-order valence-corrected chi connectivity index (χ3v) is 4.69. The van der Waals surface area contributed by atoms with Gasteiger partial charge in [-0.15, -0.1) is 0 Å². The van der Waals surface area contributed by atoms with Crippen molar-refractivity contribution in [3.8, 4) is 0 Å². The zero-order valence-corrected chi connectivity index (χ0v) is 13.3. The molecule has 0 bridgehead atoms. The van der Waals surface area contributed by atoms with Crippen LogP contribution in [0, 0.1) is 6.92 Å². The van der Waals surface area contributed by atoms with Gasteiger partial charge in [0.1, 0.15) is 5.69 Å². The number of pyridine rings is 1. The van der Waals surface area contributed by atoms with Crippen LogP contribution in [0.4, 0.5) is 5.69 Å². The summed E-state index contributed by atoms with van der Waals surface area (Å²) in [5.41, 5.74) is 0.636. The largest absolute Gasteiger partial charge is 0.477 e. The van der Waals surface area contributed by atoms with E-state index in [2.05, 4.69) is 25.6 Å². The van der Waals surface area contributed by atoms with Crippen molar-refractivity contribution in [2.75, 3.05) is 4.72 Å². The first-order valence-corrected chi connectivity index (χ1v) is 8.05. The van der Waals surface area contributed by atoms with E-state index in [0.29, 0.717) is 10.0 Å². The van der Waals surface area contributed by atoms with Crippen molar-refractivity contribution < 1.29 is 18.3 Å². The van der Waals surface area contributed by atoms with Gasteiger partial charge in [0.15, 0.2) is 0 Å². The Morgan fingerprint density at radius 1 is 1.29 bits per heavy atom. The van der Waals surface area contributed by atoms with E-state index in [1.165, 1.54) is 18.2 Å². The van der Waals surface area contributed by atoms with Gasteiger partial charge in [-0.1, -0.05) is 22.0 Å². The summed E-state index contributed by atoms with van der Waals surface area (Å²) < 4.78 is 27.6. The summed E-state index contributed by atoms with van der Waals surface area (Å²) in [5.74, 6) is -1.17. The van der Waals surface area contributed by atoms with E-state index in [1.54, 1.807) is 19.1 Å². The van der Waals surface area contributed by atoms with Gasteiger partial charge in [0.2, 0.25) is 0 Å². The van der Waals surface area contributed by atoms with Crippen molar-refractivity contribution in [3.05, 3.63) is 52.3 Å². The predicted octanol–water partition coefficient (Wildman–Crippen LogP) is 2.65. The number of nitrogens with one attached hydrogen (secondary N) is 1. The van der Waals surface area contributed by atoms with E-state index in [9.17, 15) is 13.2 Å². The Bertz CT molecular complexity index is 788. The van der Waals surface area contributed by atoms with Gasteiger partial charge in [-0.05, 0) is 36.8 Å². The van der Waals surface area contributed by atoms with Gasteiger partial charge < -0.3 is 5.11 Å². The highest BCUT2D eigenvalue weighted by Crippen LogP contribution is 2.22. The standard InChI is InChI=1S/C13H11BrN2O4S/c1-8-2-3-9(14)6-12(8)21(19,20)16-10-4-5-11(13(17)18)15-7-10/h2-7,16H,1H3,(H,17,18). The van der Waals surface area contributed by atoms with Crippen LogP contribution in [-0.2, 0) is 10.0 Å². The lowest BCUT2D eigenvalue weighted by Crippen LogP contribution is -2.14. The smallest absolute Gasteiger partial charge is 0.354 e. The average molecular weight is 371 g/mol. The highest BCUT2D eigenvalue weighted by Gasteiger charge is 2.17. The molecule has 2 aromatic rings. The van der Waals surface area contributed by atoms with Gasteiger partial charge in [-0.25, -0.2) is 18.2 Å². The second-order valence-electron chi connectivity index (χ2n) is 4.25. The fraction of sp³-hybridized carbons (Fsp3) is 0.0769. The predicted molar refractivity (Wildman–Crippen MR) is 80.9 cm³/mol. The summed E-state index contributed by atoms with van der Waals surface area (Å²) in [6.07, 6.45) is 1.16. The number of halogens is 1. The Morgan fingerprint density at radius 3 is 2.57 bits per heavy atom. The van der Waals surface area contributed by atoms with Crippen molar-refractivity contribution in [2.24, 2.45) is 0 Å². The third kappa shape index (κ3) is 3.59. The van der Waals surface area contributed by atoms with Gasteiger partial charge in [-0.2, -0.15) is 0 Å². The van der Waals surface area contributed by atoms with Crippen molar-refractivity contribution in [3.63, 3.8) is 0 Å². The highest BCUT2D eigenvalue weighted by atomic mass is 79.9. The summed E-state index contributed by atoms with van der Waals surface area (Å²) in [6, 6.07) is 7.51. The van der Waals surface area contributed by atoms with Crippen LogP contribution in [0.15, 0.2) is 45.9 Å². The fourth-order valence-electron chi connectivity index (χ4n) is 1.65. The van der Waals surface area contributed by atoms with Gasteiger partial charge in [0.05, 0.1) is 16.8 Å².